The summed E-state index contributed by atoms with van der Waals surface area (Å²) in [5.74, 6) is 0. The predicted octanol–water partition coefficient (Wildman–Crippen LogP) is 1.72. The second-order valence-corrected chi connectivity index (χ2v) is 5.96. The molecule has 2 unspecified atom stereocenters. The zero-order valence-electron chi connectivity index (χ0n) is 10.1. The number of halogens is 4. The van der Waals surface area contributed by atoms with E-state index >= 15 is 0 Å². The average molecular weight is 331 g/mol. The second-order valence-electron chi connectivity index (χ2n) is 4.86. The SMILES string of the molecule is FC(F)(F)C(Br)CN1CCC(N2CCOCC2)C1. The van der Waals surface area contributed by atoms with Gasteiger partial charge in [0.1, 0.15) is 4.83 Å². The lowest BCUT2D eigenvalue weighted by Crippen LogP contribution is -2.45. The minimum Gasteiger partial charge on any atom is -0.379 e. The molecule has 3 nitrogen and oxygen atoms in total. The van der Waals surface area contributed by atoms with E-state index in [2.05, 4.69) is 20.8 Å². The molecule has 0 aromatic heterocycles. The lowest BCUT2D eigenvalue weighted by molar-refractivity contribution is -0.130. The molecule has 7 heteroatoms. The van der Waals surface area contributed by atoms with Gasteiger partial charge in [-0.1, -0.05) is 15.9 Å². The van der Waals surface area contributed by atoms with Crippen molar-refractivity contribution >= 4 is 15.9 Å². The molecule has 2 heterocycles. The minimum atomic E-state index is -4.16. The molecule has 0 N–H and O–H groups in total. The maximum atomic E-state index is 12.5. The number of nitrogens with zero attached hydrogens (tertiary/aromatic N) is 2. The van der Waals surface area contributed by atoms with Gasteiger partial charge in [-0.15, -0.1) is 0 Å². The third-order valence-corrected chi connectivity index (χ3v) is 4.39. The summed E-state index contributed by atoms with van der Waals surface area (Å²) in [6, 6.07) is 0.391. The normalized spacial score (nSPS) is 29.7. The maximum Gasteiger partial charge on any atom is 0.402 e. The van der Waals surface area contributed by atoms with E-state index in [4.69, 9.17) is 4.74 Å². The average Bonchev–Trinajstić information content (AvgIpc) is 2.77. The van der Waals surface area contributed by atoms with Crippen LogP contribution in [0.2, 0.25) is 0 Å². The zero-order valence-corrected chi connectivity index (χ0v) is 11.7. The first-order valence-electron chi connectivity index (χ1n) is 6.22. The van der Waals surface area contributed by atoms with E-state index in [0.717, 1.165) is 45.8 Å². The Bertz CT molecular complexity index is 272. The number of rotatable bonds is 3. The Hall–Kier alpha value is 0.150. The van der Waals surface area contributed by atoms with Gasteiger partial charge in [-0.2, -0.15) is 13.2 Å². The van der Waals surface area contributed by atoms with Crippen LogP contribution in [0.1, 0.15) is 6.42 Å². The summed E-state index contributed by atoms with van der Waals surface area (Å²) in [5, 5.41) is 0. The van der Waals surface area contributed by atoms with Crippen molar-refractivity contribution in [3.63, 3.8) is 0 Å². The van der Waals surface area contributed by atoms with Gasteiger partial charge in [0.15, 0.2) is 0 Å². The van der Waals surface area contributed by atoms with E-state index in [-0.39, 0.29) is 6.54 Å². The standard InChI is InChI=1S/C11H18BrF3N2O/c12-10(11(13,14)15)8-16-2-1-9(7-16)17-3-5-18-6-4-17/h9-10H,1-8H2. The number of hydrogen-bond acceptors (Lipinski definition) is 3. The first kappa shape index (κ1) is 14.6. The van der Waals surface area contributed by atoms with Gasteiger partial charge in [0, 0.05) is 32.2 Å². The first-order valence-corrected chi connectivity index (χ1v) is 7.13. The molecule has 0 spiro atoms. The number of likely N-dealkylation sites (tertiary alicyclic amines) is 1. The third-order valence-electron chi connectivity index (χ3n) is 3.58. The van der Waals surface area contributed by atoms with Gasteiger partial charge in [-0.3, -0.25) is 4.90 Å². The predicted molar refractivity (Wildman–Crippen MR) is 66.0 cm³/mol. The molecule has 0 saturated carbocycles. The van der Waals surface area contributed by atoms with Gasteiger partial charge in [0.05, 0.1) is 13.2 Å². The lowest BCUT2D eigenvalue weighted by atomic mass is 10.2. The Morgan fingerprint density at radius 2 is 1.89 bits per heavy atom. The molecule has 2 saturated heterocycles. The smallest absolute Gasteiger partial charge is 0.379 e. The van der Waals surface area contributed by atoms with E-state index < -0.39 is 11.0 Å². The van der Waals surface area contributed by atoms with Crippen LogP contribution in [0.15, 0.2) is 0 Å². The number of alkyl halides is 4. The Morgan fingerprint density at radius 1 is 1.22 bits per heavy atom. The Labute approximate surface area is 113 Å². The van der Waals surface area contributed by atoms with Crippen molar-refractivity contribution in [1.82, 2.24) is 9.80 Å². The van der Waals surface area contributed by atoms with Gasteiger partial charge < -0.3 is 9.64 Å². The molecule has 0 aromatic carbocycles. The molecular weight excluding hydrogens is 313 g/mol. The fraction of sp³-hybridized carbons (Fsp3) is 1.00. The highest BCUT2D eigenvalue weighted by atomic mass is 79.9. The topological polar surface area (TPSA) is 15.7 Å². The Kier molecular flexibility index (Phi) is 4.91. The van der Waals surface area contributed by atoms with Crippen LogP contribution in [0.4, 0.5) is 13.2 Å². The van der Waals surface area contributed by atoms with Crippen LogP contribution < -0.4 is 0 Å². The summed E-state index contributed by atoms with van der Waals surface area (Å²) >= 11 is 2.72. The molecule has 2 aliphatic heterocycles. The molecule has 0 amide bonds. The molecule has 0 aliphatic carbocycles. The Morgan fingerprint density at radius 3 is 2.50 bits per heavy atom. The van der Waals surface area contributed by atoms with E-state index in [1.54, 1.807) is 0 Å². The fourth-order valence-corrected chi connectivity index (χ4v) is 2.96. The summed E-state index contributed by atoms with van der Waals surface area (Å²) in [5.41, 5.74) is 0. The highest BCUT2D eigenvalue weighted by Crippen LogP contribution is 2.28. The van der Waals surface area contributed by atoms with E-state index in [0.29, 0.717) is 6.04 Å². The van der Waals surface area contributed by atoms with Crippen molar-refractivity contribution < 1.29 is 17.9 Å². The molecule has 0 bridgehead atoms. The van der Waals surface area contributed by atoms with Crippen molar-refractivity contribution in [2.24, 2.45) is 0 Å². The second kappa shape index (κ2) is 6.07. The molecule has 0 aromatic rings. The number of morpholine rings is 1. The van der Waals surface area contributed by atoms with Crippen LogP contribution in [0.25, 0.3) is 0 Å². The van der Waals surface area contributed by atoms with Gasteiger partial charge in [-0.25, -0.2) is 0 Å². The minimum absolute atomic E-state index is 0.0460. The van der Waals surface area contributed by atoms with Crippen molar-refractivity contribution in [1.29, 1.82) is 0 Å². The fourth-order valence-electron chi connectivity index (χ4n) is 2.55. The molecule has 2 fully saturated rings. The van der Waals surface area contributed by atoms with E-state index in [1.165, 1.54) is 0 Å². The highest BCUT2D eigenvalue weighted by Gasteiger charge is 2.40. The summed E-state index contributed by atoms with van der Waals surface area (Å²) < 4.78 is 42.6. The Balaban J connectivity index is 1.77. The maximum absolute atomic E-state index is 12.5. The van der Waals surface area contributed by atoms with Gasteiger partial charge >= 0.3 is 6.18 Å². The van der Waals surface area contributed by atoms with Crippen LogP contribution in [0.5, 0.6) is 0 Å². The zero-order chi connectivity index (χ0) is 13.2. The van der Waals surface area contributed by atoms with Crippen LogP contribution in [-0.4, -0.2) is 72.8 Å². The van der Waals surface area contributed by atoms with Crippen molar-refractivity contribution in [3.05, 3.63) is 0 Å². The van der Waals surface area contributed by atoms with Gasteiger partial charge in [0.25, 0.3) is 0 Å². The van der Waals surface area contributed by atoms with Crippen LogP contribution in [-0.2, 0) is 4.74 Å². The van der Waals surface area contributed by atoms with Crippen molar-refractivity contribution in [2.45, 2.75) is 23.5 Å². The number of hydrogen-bond donors (Lipinski definition) is 0. The van der Waals surface area contributed by atoms with Crippen LogP contribution >= 0.6 is 15.9 Å². The molecule has 0 radical (unpaired) electrons. The molecule has 2 aliphatic rings. The van der Waals surface area contributed by atoms with Crippen LogP contribution in [0, 0.1) is 0 Å². The largest absolute Gasteiger partial charge is 0.402 e. The summed E-state index contributed by atoms with van der Waals surface area (Å²) in [7, 11) is 0. The summed E-state index contributed by atoms with van der Waals surface area (Å²) in [6.07, 6.45) is -3.20. The molecule has 2 rings (SSSR count). The summed E-state index contributed by atoms with van der Waals surface area (Å²) in [4.78, 5) is 2.81. The highest BCUT2D eigenvalue weighted by molar-refractivity contribution is 9.09. The van der Waals surface area contributed by atoms with E-state index in [1.807, 2.05) is 4.90 Å². The first-order chi connectivity index (χ1) is 8.47. The van der Waals surface area contributed by atoms with Crippen molar-refractivity contribution in [2.75, 3.05) is 45.9 Å². The lowest BCUT2D eigenvalue weighted by Gasteiger charge is -2.32. The third kappa shape index (κ3) is 3.82. The van der Waals surface area contributed by atoms with Gasteiger partial charge in [0.2, 0.25) is 0 Å². The van der Waals surface area contributed by atoms with Crippen LogP contribution in [0.3, 0.4) is 0 Å². The molecule has 106 valence electrons. The van der Waals surface area contributed by atoms with Crippen molar-refractivity contribution in [3.8, 4) is 0 Å². The quantitative estimate of drug-likeness (QED) is 0.733. The van der Waals surface area contributed by atoms with Gasteiger partial charge in [-0.05, 0) is 13.0 Å². The summed E-state index contributed by atoms with van der Waals surface area (Å²) in [6.45, 7) is 4.80. The molecular formula is C11H18BrF3N2O. The van der Waals surface area contributed by atoms with E-state index in [9.17, 15) is 13.2 Å². The molecule has 18 heavy (non-hydrogen) atoms. The molecule has 2 atom stereocenters. The monoisotopic (exact) mass is 330 g/mol. The number of ether oxygens (including phenoxy) is 1.